The molecule has 1 rings (SSSR count). The van der Waals surface area contributed by atoms with E-state index in [2.05, 4.69) is 10.3 Å². The molecule has 0 spiro atoms. The topological polar surface area (TPSA) is 73.2 Å². The number of aryl methyl sites for hydroxylation is 1. The zero-order valence-corrected chi connectivity index (χ0v) is 12.4. The monoisotopic (exact) mass is 289 g/mol. The zero-order chi connectivity index (χ0) is 14.1. The van der Waals surface area contributed by atoms with Gasteiger partial charge in [0, 0.05) is 38.7 Å². The van der Waals surface area contributed by atoms with E-state index < -0.39 is 9.84 Å². The van der Waals surface area contributed by atoms with Gasteiger partial charge in [0.25, 0.3) is 0 Å². The third kappa shape index (κ3) is 6.70. The van der Waals surface area contributed by atoms with E-state index in [0.29, 0.717) is 26.1 Å². The molecule has 1 heterocycles. The Kier molecular flexibility index (Phi) is 7.04. The van der Waals surface area contributed by atoms with Crippen LogP contribution in [-0.2, 0) is 27.7 Å². The van der Waals surface area contributed by atoms with Gasteiger partial charge in [-0.25, -0.2) is 13.4 Å². The van der Waals surface area contributed by atoms with E-state index in [1.165, 1.54) is 0 Å². The van der Waals surface area contributed by atoms with E-state index in [9.17, 15) is 8.42 Å². The molecule has 0 saturated carbocycles. The first kappa shape index (κ1) is 16.1. The molecule has 6 nitrogen and oxygen atoms in total. The first-order valence-corrected chi connectivity index (χ1v) is 8.30. The van der Waals surface area contributed by atoms with Crippen molar-refractivity contribution in [2.45, 2.75) is 26.4 Å². The maximum Gasteiger partial charge on any atom is 0.152 e. The van der Waals surface area contributed by atoms with Crippen LogP contribution in [0.5, 0.6) is 0 Å². The number of aromatic nitrogens is 2. The van der Waals surface area contributed by atoms with Gasteiger partial charge in [-0.3, -0.25) is 0 Å². The summed E-state index contributed by atoms with van der Waals surface area (Å²) in [5, 5.41) is 3.19. The summed E-state index contributed by atoms with van der Waals surface area (Å²) in [5.41, 5.74) is 0.906. The normalized spacial score (nSPS) is 11.9. The third-order valence-corrected chi connectivity index (χ3v) is 4.49. The number of nitrogens with zero attached hydrogens (tertiary/aromatic N) is 2. The minimum Gasteiger partial charge on any atom is -0.383 e. The van der Waals surface area contributed by atoms with Crippen molar-refractivity contribution in [2.75, 3.05) is 31.8 Å². The van der Waals surface area contributed by atoms with Crippen LogP contribution in [0.15, 0.2) is 12.5 Å². The first-order valence-electron chi connectivity index (χ1n) is 6.48. The van der Waals surface area contributed by atoms with Gasteiger partial charge in [0.2, 0.25) is 0 Å². The molecule has 0 aliphatic carbocycles. The fourth-order valence-corrected chi connectivity index (χ4v) is 2.98. The average molecular weight is 289 g/mol. The van der Waals surface area contributed by atoms with Crippen LogP contribution >= 0.6 is 0 Å². The zero-order valence-electron chi connectivity index (χ0n) is 11.6. The summed E-state index contributed by atoms with van der Waals surface area (Å²) < 4.78 is 29.9. The van der Waals surface area contributed by atoms with Gasteiger partial charge in [-0.05, 0) is 6.42 Å². The van der Waals surface area contributed by atoms with Gasteiger partial charge in [0.1, 0.15) is 0 Å². The maximum absolute atomic E-state index is 11.6. The lowest BCUT2D eigenvalue weighted by Crippen LogP contribution is -2.18. The van der Waals surface area contributed by atoms with Gasteiger partial charge in [0.15, 0.2) is 9.84 Å². The number of rotatable bonds is 10. The molecule has 0 aromatic carbocycles. The number of imidazole rings is 1. The predicted molar refractivity (Wildman–Crippen MR) is 74.8 cm³/mol. The molecule has 0 aliphatic rings. The molecular weight excluding hydrogens is 266 g/mol. The molecular formula is C12H23N3O3S. The van der Waals surface area contributed by atoms with Crippen molar-refractivity contribution < 1.29 is 13.2 Å². The molecule has 0 radical (unpaired) electrons. The van der Waals surface area contributed by atoms with Gasteiger partial charge in [-0.2, -0.15) is 0 Å². The lowest BCUT2D eigenvalue weighted by molar-refractivity contribution is 0.199. The van der Waals surface area contributed by atoms with Crippen LogP contribution in [0.25, 0.3) is 0 Å². The maximum atomic E-state index is 11.6. The van der Waals surface area contributed by atoms with E-state index in [1.807, 2.05) is 17.7 Å². The van der Waals surface area contributed by atoms with Crippen LogP contribution in [0.2, 0.25) is 0 Å². The van der Waals surface area contributed by atoms with E-state index in [1.54, 1.807) is 13.4 Å². The van der Waals surface area contributed by atoms with Crippen molar-refractivity contribution >= 4 is 9.84 Å². The molecule has 0 aliphatic heterocycles. The lowest BCUT2D eigenvalue weighted by Gasteiger charge is -2.03. The Balaban J connectivity index is 2.34. The van der Waals surface area contributed by atoms with E-state index in [4.69, 9.17) is 4.74 Å². The fourth-order valence-electron chi connectivity index (χ4n) is 1.67. The summed E-state index contributed by atoms with van der Waals surface area (Å²) in [5.74, 6) is 0.431. The summed E-state index contributed by atoms with van der Waals surface area (Å²) in [4.78, 5) is 4.23. The highest BCUT2D eigenvalue weighted by Crippen LogP contribution is 1.99. The number of ether oxygens (including phenoxy) is 1. The van der Waals surface area contributed by atoms with Gasteiger partial charge < -0.3 is 14.6 Å². The number of hydrogen-bond donors (Lipinski definition) is 1. The van der Waals surface area contributed by atoms with Crippen LogP contribution in [0.4, 0.5) is 0 Å². The molecule has 0 saturated heterocycles. The number of sulfone groups is 1. The van der Waals surface area contributed by atoms with Gasteiger partial charge in [0.05, 0.1) is 24.4 Å². The van der Waals surface area contributed by atoms with E-state index in [-0.39, 0.29) is 11.5 Å². The minimum atomic E-state index is -2.93. The summed E-state index contributed by atoms with van der Waals surface area (Å²) in [7, 11) is -1.27. The van der Waals surface area contributed by atoms with Gasteiger partial charge >= 0.3 is 0 Å². The fraction of sp³-hybridized carbons (Fsp3) is 0.750. The Morgan fingerprint density at radius 2 is 2.21 bits per heavy atom. The second-order valence-corrected chi connectivity index (χ2v) is 6.73. The van der Waals surface area contributed by atoms with Crippen LogP contribution in [0, 0.1) is 0 Å². The highest BCUT2D eigenvalue weighted by atomic mass is 32.2. The second kappa shape index (κ2) is 8.29. The van der Waals surface area contributed by atoms with Crippen molar-refractivity contribution in [2.24, 2.45) is 0 Å². The molecule has 1 aromatic rings. The summed E-state index contributed by atoms with van der Waals surface area (Å²) in [6.07, 6.45) is 4.22. The van der Waals surface area contributed by atoms with E-state index in [0.717, 1.165) is 12.2 Å². The Morgan fingerprint density at radius 3 is 2.89 bits per heavy atom. The largest absolute Gasteiger partial charge is 0.383 e. The Bertz CT molecular complexity index is 457. The highest BCUT2D eigenvalue weighted by molar-refractivity contribution is 7.91. The smallest absolute Gasteiger partial charge is 0.152 e. The molecule has 0 bridgehead atoms. The number of hydrogen-bond acceptors (Lipinski definition) is 5. The average Bonchev–Trinajstić information content (AvgIpc) is 2.80. The molecule has 1 aromatic heterocycles. The summed E-state index contributed by atoms with van der Waals surface area (Å²) in [6.45, 7) is 4.44. The van der Waals surface area contributed by atoms with Crippen LogP contribution in [0.1, 0.15) is 19.0 Å². The number of methoxy groups -OCH3 is 1. The molecule has 0 atom stereocenters. The van der Waals surface area contributed by atoms with E-state index >= 15 is 0 Å². The van der Waals surface area contributed by atoms with Crippen molar-refractivity contribution in [3.8, 4) is 0 Å². The molecule has 0 amide bonds. The number of nitrogens with one attached hydrogen (secondary N) is 1. The Labute approximate surface area is 115 Å². The van der Waals surface area contributed by atoms with Crippen molar-refractivity contribution in [3.05, 3.63) is 18.2 Å². The Morgan fingerprint density at radius 1 is 1.42 bits per heavy atom. The summed E-state index contributed by atoms with van der Waals surface area (Å²) in [6, 6.07) is 0. The van der Waals surface area contributed by atoms with Crippen molar-refractivity contribution in [1.82, 2.24) is 14.9 Å². The highest BCUT2D eigenvalue weighted by Gasteiger charge is 2.09. The van der Waals surface area contributed by atoms with Crippen LogP contribution < -0.4 is 5.32 Å². The molecule has 0 unspecified atom stereocenters. The van der Waals surface area contributed by atoms with Crippen LogP contribution in [-0.4, -0.2) is 49.7 Å². The standard InChI is InChI=1S/C12H23N3O3S/c1-3-7-19(16,17)8-5-15-10-12(14-11-15)9-13-4-6-18-2/h10-11,13H,3-9H2,1-2H3. The third-order valence-electron chi connectivity index (χ3n) is 2.65. The van der Waals surface area contributed by atoms with Crippen molar-refractivity contribution in [1.29, 1.82) is 0 Å². The molecule has 110 valence electrons. The summed E-state index contributed by atoms with van der Waals surface area (Å²) >= 11 is 0. The lowest BCUT2D eigenvalue weighted by atomic mass is 10.4. The first-order chi connectivity index (χ1) is 9.07. The molecule has 7 heteroatoms. The van der Waals surface area contributed by atoms with Gasteiger partial charge in [-0.1, -0.05) is 6.92 Å². The SMILES string of the molecule is CCCS(=O)(=O)CCn1cnc(CNCCOC)c1. The molecule has 0 fully saturated rings. The molecule has 1 N–H and O–H groups in total. The minimum absolute atomic E-state index is 0.174. The quantitative estimate of drug-likeness (QED) is 0.633. The predicted octanol–water partition coefficient (Wildman–Crippen LogP) is 0.444. The van der Waals surface area contributed by atoms with Gasteiger partial charge in [-0.15, -0.1) is 0 Å². The Hall–Kier alpha value is -0.920. The second-order valence-electron chi connectivity index (χ2n) is 4.42. The van der Waals surface area contributed by atoms with Crippen molar-refractivity contribution in [3.63, 3.8) is 0 Å². The van der Waals surface area contributed by atoms with Crippen LogP contribution in [0.3, 0.4) is 0 Å². The molecule has 19 heavy (non-hydrogen) atoms.